The summed E-state index contributed by atoms with van der Waals surface area (Å²) >= 11 is 0. The van der Waals surface area contributed by atoms with Crippen LogP contribution in [0.5, 0.6) is 11.5 Å². The van der Waals surface area contributed by atoms with Crippen molar-refractivity contribution in [3.63, 3.8) is 0 Å². The molecule has 3 aliphatic heterocycles. The van der Waals surface area contributed by atoms with Crippen LogP contribution in [0.2, 0.25) is 0 Å². The van der Waals surface area contributed by atoms with Crippen LogP contribution in [0.3, 0.4) is 0 Å². The maximum atomic E-state index is 12.9. The quantitative estimate of drug-likeness (QED) is 0.897. The molecular formula is C19H26N2O4. The van der Waals surface area contributed by atoms with Crippen LogP contribution in [0.25, 0.3) is 0 Å². The van der Waals surface area contributed by atoms with E-state index in [0.29, 0.717) is 19.8 Å². The molecule has 0 aliphatic carbocycles. The van der Waals surface area contributed by atoms with Gasteiger partial charge in [-0.2, -0.15) is 0 Å². The number of aliphatic hydroxyl groups excluding tert-OH is 1. The molecule has 1 amide bonds. The lowest BCUT2D eigenvalue weighted by atomic mass is 10.0. The van der Waals surface area contributed by atoms with Gasteiger partial charge < -0.3 is 19.5 Å². The Hall–Kier alpha value is -1.79. The fourth-order valence-corrected chi connectivity index (χ4v) is 4.25. The lowest BCUT2D eigenvalue weighted by molar-refractivity contribution is -0.133. The molecule has 2 saturated heterocycles. The molecule has 3 heterocycles. The summed E-state index contributed by atoms with van der Waals surface area (Å²) < 4.78 is 11.3. The van der Waals surface area contributed by atoms with Gasteiger partial charge in [0.05, 0.1) is 19.2 Å². The second-order valence-corrected chi connectivity index (χ2v) is 7.10. The first kappa shape index (κ1) is 16.7. The van der Waals surface area contributed by atoms with E-state index in [9.17, 15) is 9.90 Å². The van der Waals surface area contributed by atoms with Crippen LogP contribution in [-0.4, -0.2) is 66.3 Å². The van der Waals surface area contributed by atoms with Crippen molar-refractivity contribution < 1.29 is 19.4 Å². The predicted octanol–water partition coefficient (Wildman–Crippen LogP) is 1.58. The van der Waals surface area contributed by atoms with Crippen molar-refractivity contribution in [1.29, 1.82) is 0 Å². The largest absolute Gasteiger partial charge is 0.486 e. The molecule has 0 radical (unpaired) electrons. The molecule has 4 rings (SSSR count). The zero-order valence-electron chi connectivity index (χ0n) is 14.5. The Labute approximate surface area is 148 Å². The molecule has 0 aromatic heterocycles. The summed E-state index contributed by atoms with van der Waals surface area (Å²) in [6.07, 6.45) is 4.04. The van der Waals surface area contributed by atoms with E-state index >= 15 is 0 Å². The summed E-state index contributed by atoms with van der Waals surface area (Å²) in [4.78, 5) is 17.0. The average Bonchev–Trinajstić information content (AvgIpc) is 3.30. The van der Waals surface area contributed by atoms with Gasteiger partial charge in [0.25, 0.3) is 0 Å². The minimum Gasteiger partial charge on any atom is -0.486 e. The summed E-state index contributed by atoms with van der Waals surface area (Å²) in [7, 11) is 0. The molecule has 0 saturated carbocycles. The van der Waals surface area contributed by atoms with Crippen molar-refractivity contribution in [1.82, 2.24) is 9.80 Å². The number of rotatable bonds is 4. The minimum atomic E-state index is 0.110. The molecule has 1 aromatic rings. The summed E-state index contributed by atoms with van der Waals surface area (Å²) in [5.74, 6) is 1.73. The van der Waals surface area contributed by atoms with Gasteiger partial charge in [-0.3, -0.25) is 9.69 Å². The Bertz CT molecular complexity index is 636. The minimum absolute atomic E-state index is 0.110. The van der Waals surface area contributed by atoms with Crippen LogP contribution in [0.4, 0.5) is 0 Å². The van der Waals surface area contributed by atoms with Crippen LogP contribution in [0.15, 0.2) is 18.2 Å². The third kappa shape index (κ3) is 3.33. The number of ether oxygens (including phenoxy) is 2. The second-order valence-electron chi connectivity index (χ2n) is 7.10. The van der Waals surface area contributed by atoms with E-state index in [4.69, 9.17) is 9.47 Å². The summed E-state index contributed by atoms with van der Waals surface area (Å²) in [6.45, 7) is 3.41. The first-order valence-electron chi connectivity index (χ1n) is 9.30. The predicted molar refractivity (Wildman–Crippen MR) is 92.8 cm³/mol. The SMILES string of the molecule is O=C(CN1CCCC1CO)N1CCCC1c1ccc2c(c1)OCCO2. The van der Waals surface area contributed by atoms with Gasteiger partial charge in [0.1, 0.15) is 13.2 Å². The van der Waals surface area contributed by atoms with Crippen LogP contribution in [-0.2, 0) is 4.79 Å². The lowest BCUT2D eigenvalue weighted by Crippen LogP contribution is -2.43. The molecule has 1 aromatic carbocycles. The Morgan fingerprint density at radius 1 is 1.12 bits per heavy atom. The molecule has 6 heteroatoms. The monoisotopic (exact) mass is 346 g/mol. The number of fused-ring (bicyclic) bond motifs is 1. The number of benzene rings is 1. The maximum Gasteiger partial charge on any atom is 0.237 e. The smallest absolute Gasteiger partial charge is 0.237 e. The fourth-order valence-electron chi connectivity index (χ4n) is 4.25. The van der Waals surface area contributed by atoms with Gasteiger partial charge in [0, 0.05) is 12.6 Å². The average molecular weight is 346 g/mol. The normalized spacial score (nSPS) is 26.2. The van der Waals surface area contributed by atoms with E-state index in [-0.39, 0.29) is 24.6 Å². The maximum absolute atomic E-state index is 12.9. The van der Waals surface area contributed by atoms with Crippen LogP contribution in [0, 0.1) is 0 Å². The Kier molecular flexibility index (Phi) is 4.81. The first-order valence-corrected chi connectivity index (χ1v) is 9.30. The molecule has 136 valence electrons. The van der Waals surface area contributed by atoms with Gasteiger partial charge in [-0.15, -0.1) is 0 Å². The van der Waals surface area contributed by atoms with Crippen molar-refractivity contribution in [3.8, 4) is 11.5 Å². The van der Waals surface area contributed by atoms with E-state index in [0.717, 1.165) is 55.8 Å². The van der Waals surface area contributed by atoms with E-state index in [1.165, 1.54) is 0 Å². The molecule has 25 heavy (non-hydrogen) atoms. The second kappa shape index (κ2) is 7.22. The van der Waals surface area contributed by atoms with E-state index < -0.39 is 0 Å². The fraction of sp³-hybridized carbons (Fsp3) is 0.632. The molecule has 2 fully saturated rings. The summed E-state index contributed by atoms with van der Waals surface area (Å²) in [5, 5.41) is 9.46. The Morgan fingerprint density at radius 2 is 1.92 bits per heavy atom. The van der Waals surface area contributed by atoms with Crippen LogP contribution in [0.1, 0.15) is 37.3 Å². The van der Waals surface area contributed by atoms with Crippen LogP contribution < -0.4 is 9.47 Å². The molecule has 3 aliphatic rings. The van der Waals surface area contributed by atoms with E-state index in [1.807, 2.05) is 17.0 Å². The number of hydrogen-bond acceptors (Lipinski definition) is 5. The molecule has 2 unspecified atom stereocenters. The highest BCUT2D eigenvalue weighted by atomic mass is 16.6. The highest BCUT2D eigenvalue weighted by Crippen LogP contribution is 2.38. The first-order chi connectivity index (χ1) is 12.3. The number of carbonyl (C=O) groups is 1. The Balaban J connectivity index is 1.47. The van der Waals surface area contributed by atoms with Crippen molar-refractivity contribution >= 4 is 5.91 Å². The number of carbonyl (C=O) groups excluding carboxylic acids is 1. The number of nitrogens with zero attached hydrogens (tertiary/aromatic N) is 2. The summed E-state index contributed by atoms with van der Waals surface area (Å²) in [6, 6.07) is 6.28. The lowest BCUT2D eigenvalue weighted by Gasteiger charge is -2.30. The highest BCUT2D eigenvalue weighted by Gasteiger charge is 2.33. The number of amides is 1. The number of likely N-dealkylation sites (tertiary alicyclic amines) is 2. The van der Waals surface area contributed by atoms with Gasteiger partial charge >= 0.3 is 0 Å². The molecule has 6 nitrogen and oxygen atoms in total. The van der Waals surface area contributed by atoms with Gasteiger partial charge in [-0.25, -0.2) is 0 Å². The Morgan fingerprint density at radius 3 is 2.76 bits per heavy atom. The van der Waals surface area contributed by atoms with Crippen molar-refractivity contribution in [2.75, 3.05) is 39.5 Å². The third-order valence-electron chi connectivity index (χ3n) is 5.57. The number of hydrogen-bond donors (Lipinski definition) is 1. The van der Waals surface area contributed by atoms with Crippen molar-refractivity contribution in [2.45, 2.75) is 37.8 Å². The highest BCUT2D eigenvalue weighted by molar-refractivity contribution is 5.79. The van der Waals surface area contributed by atoms with Crippen LogP contribution >= 0.6 is 0 Å². The zero-order valence-corrected chi connectivity index (χ0v) is 14.5. The summed E-state index contributed by atoms with van der Waals surface area (Å²) in [5.41, 5.74) is 1.12. The van der Waals surface area contributed by atoms with E-state index in [2.05, 4.69) is 11.0 Å². The van der Waals surface area contributed by atoms with E-state index in [1.54, 1.807) is 0 Å². The molecular weight excluding hydrogens is 320 g/mol. The van der Waals surface area contributed by atoms with Crippen molar-refractivity contribution in [3.05, 3.63) is 23.8 Å². The molecule has 1 N–H and O–H groups in total. The van der Waals surface area contributed by atoms with Gasteiger partial charge in [0.15, 0.2) is 11.5 Å². The molecule has 2 atom stereocenters. The van der Waals surface area contributed by atoms with Crippen molar-refractivity contribution in [2.24, 2.45) is 0 Å². The molecule has 0 bridgehead atoms. The number of aliphatic hydroxyl groups is 1. The van der Waals surface area contributed by atoms with Gasteiger partial charge in [-0.1, -0.05) is 6.07 Å². The third-order valence-corrected chi connectivity index (χ3v) is 5.57. The standard InChI is InChI=1S/C19H26N2O4/c22-13-15-3-1-7-20(15)12-19(23)21-8-2-4-16(21)14-5-6-17-18(11-14)25-10-9-24-17/h5-6,11,15-16,22H,1-4,7-10,12-13H2. The van der Waals surface area contributed by atoms with Gasteiger partial charge in [-0.05, 0) is 49.9 Å². The van der Waals surface area contributed by atoms with Gasteiger partial charge in [0.2, 0.25) is 5.91 Å². The topological polar surface area (TPSA) is 62.2 Å². The molecule has 0 spiro atoms. The zero-order chi connectivity index (χ0) is 17.2.